The van der Waals surface area contributed by atoms with Gasteiger partial charge in [-0.15, -0.1) is 0 Å². The predicted molar refractivity (Wildman–Crippen MR) is 109 cm³/mol. The minimum absolute atomic E-state index is 0.00313. The fraction of sp³-hybridized carbons (Fsp3) is 0.429. The first-order chi connectivity index (χ1) is 13.9. The highest BCUT2D eigenvalue weighted by atomic mass is 16.2. The van der Waals surface area contributed by atoms with Crippen molar-refractivity contribution in [1.82, 2.24) is 19.8 Å². The maximum absolute atomic E-state index is 12.7. The molecule has 4 rings (SSSR count). The van der Waals surface area contributed by atoms with Gasteiger partial charge in [0.2, 0.25) is 11.9 Å². The van der Waals surface area contributed by atoms with Crippen LogP contribution in [0.5, 0.6) is 0 Å². The fourth-order valence-corrected chi connectivity index (χ4v) is 4.00. The number of nitrogens with one attached hydrogen (secondary N) is 1. The van der Waals surface area contributed by atoms with Crippen molar-refractivity contribution in [3.63, 3.8) is 0 Å². The molecule has 8 heteroatoms. The Hall–Kier alpha value is -3.16. The Balaban J connectivity index is 1.35. The Morgan fingerprint density at radius 1 is 1.28 bits per heavy atom. The molecule has 152 valence electrons. The van der Waals surface area contributed by atoms with E-state index in [-0.39, 0.29) is 23.3 Å². The van der Waals surface area contributed by atoms with Crippen LogP contribution in [0, 0.1) is 0 Å². The number of fused-ring (bicyclic) bond motifs is 1. The number of H-pyrrole nitrogens is 1. The van der Waals surface area contributed by atoms with Gasteiger partial charge in [0.05, 0.1) is 5.69 Å². The molecule has 0 spiro atoms. The minimum Gasteiger partial charge on any atom is -0.348 e. The maximum atomic E-state index is 12.7. The summed E-state index contributed by atoms with van der Waals surface area (Å²) in [5.41, 5.74) is 2.29. The molecule has 2 aliphatic rings. The molecule has 3 heterocycles. The molecule has 0 unspecified atom stereocenters. The number of aromatic nitrogens is 2. The smallest absolute Gasteiger partial charge is 0.254 e. The summed E-state index contributed by atoms with van der Waals surface area (Å²) in [7, 11) is 3.65. The number of carbonyl (C=O) groups is 2. The molecule has 2 aliphatic heterocycles. The number of amides is 2. The Kier molecular flexibility index (Phi) is 5.08. The summed E-state index contributed by atoms with van der Waals surface area (Å²) in [6.07, 6.45) is 1.08. The first kappa shape index (κ1) is 19.2. The fourth-order valence-electron chi connectivity index (χ4n) is 4.00. The number of carbonyl (C=O) groups excluding carboxylic acids is 2. The van der Waals surface area contributed by atoms with E-state index in [9.17, 15) is 14.4 Å². The van der Waals surface area contributed by atoms with E-state index in [1.165, 1.54) is 6.07 Å². The average Bonchev–Trinajstić information content (AvgIpc) is 3.31. The van der Waals surface area contributed by atoms with Gasteiger partial charge in [0, 0.05) is 64.2 Å². The lowest BCUT2D eigenvalue weighted by molar-refractivity contribution is -0.130. The molecule has 1 fully saturated rings. The van der Waals surface area contributed by atoms with Crippen LogP contribution >= 0.6 is 0 Å². The third-order valence-electron chi connectivity index (χ3n) is 5.62. The second kappa shape index (κ2) is 7.69. The number of aromatic amines is 1. The number of nitrogens with zero attached hydrogens (tertiary/aromatic N) is 4. The van der Waals surface area contributed by atoms with Crippen LogP contribution in [0.25, 0.3) is 0 Å². The monoisotopic (exact) mass is 395 g/mol. The van der Waals surface area contributed by atoms with Crippen molar-refractivity contribution < 1.29 is 9.59 Å². The van der Waals surface area contributed by atoms with Gasteiger partial charge in [-0.3, -0.25) is 19.4 Å². The molecule has 8 nitrogen and oxygen atoms in total. The van der Waals surface area contributed by atoms with Crippen LogP contribution in [0.4, 0.5) is 5.95 Å². The van der Waals surface area contributed by atoms with Crippen molar-refractivity contribution in [2.24, 2.45) is 0 Å². The molecule has 1 N–H and O–H groups in total. The Bertz CT molecular complexity index is 1000. The number of hydrogen-bond donors (Lipinski definition) is 1. The molecule has 0 radical (unpaired) electrons. The molecule has 29 heavy (non-hydrogen) atoms. The summed E-state index contributed by atoms with van der Waals surface area (Å²) >= 11 is 0. The van der Waals surface area contributed by atoms with Crippen LogP contribution in [0.1, 0.15) is 40.4 Å². The summed E-state index contributed by atoms with van der Waals surface area (Å²) in [4.78, 5) is 49.6. The first-order valence-electron chi connectivity index (χ1n) is 9.86. The SMILES string of the molecule is CN(C)c1nc([C@@H]2CCN(C(=O)CCN3Cc4ccccc4C3=O)C2)cc(=O)[nH]1. The number of benzene rings is 1. The lowest BCUT2D eigenvalue weighted by atomic mass is 10.1. The van der Waals surface area contributed by atoms with Gasteiger partial charge in [-0.05, 0) is 18.1 Å². The Morgan fingerprint density at radius 2 is 2.07 bits per heavy atom. The molecule has 2 aromatic rings. The molecule has 1 atom stereocenters. The van der Waals surface area contributed by atoms with Gasteiger partial charge in [0.25, 0.3) is 11.5 Å². The molecule has 1 aromatic carbocycles. The van der Waals surface area contributed by atoms with E-state index in [1.54, 1.807) is 9.80 Å². The third-order valence-corrected chi connectivity index (χ3v) is 5.62. The van der Waals surface area contributed by atoms with Crippen LogP contribution in [0.2, 0.25) is 0 Å². The highest BCUT2D eigenvalue weighted by molar-refractivity contribution is 5.98. The van der Waals surface area contributed by atoms with Crippen LogP contribution in [0.15, 0.2) is 35.1 Å². The van der Waals surface area contributed by atoms with Gasteiger partial charge in [0.15, 0.2) is 0 Å². The normalized spacial score (nSPS) is 18.3. The topological polar surface area (TPSA) is 89.6 Å². The Labute approximate surface area is 169 Å². The van der Waals surface area contributed by atoms with Crippen LogP contribution < -0.4 is 10.5 Å². The molecule has 0 bridgehead atoms. The second-order valence-corrected chi connectivity index (χ2v) is 7.85. The maximum Gasteiger partial charge on any atom is 0.254 e. The van der Waals surface area contributed by atoms with Gasteiger partial charge < -0.3 is 14.7 Å². The van der Waals surface area contributed by atoms with E-state index in [4.69, 9.17) is 0 Å². The zero-order valence-electron chi connectivity index (χ0n) is 16.7. The van der Waals surface area contributed by atoms with Crippen molar-refractivity contribution >= 4 is 17.8 Å². The molecule has 1 saturated heterocycles. The number of rotatable bonds is 5. The Morgan fingerprint density at radius 3 is 2.83 bits per heavy atom. The zero-order valence-corrected chi connectivity index (χ0v) is 16.7. The lowest BCUT2D eigenvalue weighted by Crippen LogP contribution is -2.33. The molecule has 1 aromatic heterocycles. The summed E-state index contributed by atoms with van der Waals surface area (Å²) in [5.74, 6) is 0.604. The minimum atomic E-state index is -0.185. The van der Waals surface area contributed by atoms with Crippen LogP contribution in [-0.2, 0) is 11.3 Å². The molecule has 0 aliphatic carbocycles. The van der Waals surface area contributed by atoms with Gasteiger partial charge in [-0.2, -0.15) is 0 Å². The number of hydrogen-bond acceptors (Lipinski definition) is 5. The lowest BCUT2D eigenvalue weighted by Gasteiger charge is -2.20. The van der Waals surface area contributed by atoms with Crippen LogP contribution in [0.3, 0.4) is 0 Å². The number of anilines is 1. The molecular weight excluding hydrogens is 370 g/mol. The number of likely N-dealkylation sites (tertiary alicyclic amines) is 1. The van der Waals surface area contributed by atoms with Gasteiger partial charge >= 0.3 is 0 Å². The van der Waals surface area contributed by atoms with Crippen molar-refractivity contribution in [1.29, 1.82) is 0 Å². The van der Waals surface area contributed by atoms with E-state index in [0.29, 0.717) is 38.5 Å². The van der Waals surface area contributed by atoms with Crippen molar-refractivity contribution in [3.05, 3.63) is 57.5 Å². The van der Waals surface area contributed by atoms with E-state index in [1.807, 2.05) is 43.3 Å². The van der Waals surface area contributed by atoms with E-state index < -0.39 is 0 Å². The van der Waals surface area contributed by atoms with Gasteiger partial charge in [-0.25, -0.2) is 4.98 Å². The van der Waals surface area contributed by atoms with Gasteiger partial charge in [0.1, 0.15) is 0 Å². The second-order valence-electron chi connectivity index (χ2n) is 7.85. The van der Waals surface area contributed by atoms with Crippen molar-refractivity contribution in [2.45, 2.75) is 25.3 Å². The molecule has 2 amide bonds. The predicted octanol–water partition coefficient (Wildman–Crippen LogP) is 1.20. The van der Waals surface area contributed by atoms with Crippen molar-refractivity contribution in [2.75, 3.05) is 38.6 Å². The van der Waals surface area contributed by atoms with E-state index in [0.717, 1.165) is 23.2 Å². The van der Waals surface area contributed by atoms with Crippen LogP contribution in [-0.4, -0.2) is 65.3 Å². The first-order valence-corrected chi connectivity index (χ1v) is 9.86. The molecular formula is C21H25N5O3. The van der Waals surface area contributed by atoms with Crippen molar-refractivity contribution in [3.8, 4) is 0 Å². The summed E-state index contributed by atoms with van der Waals surface area (Å²) in [6.45, 7) is 2.18. The average molecular weight is 395 g/mol. The summed E-state index contributed by atoms with van der Waals surface area (Å²) < 4.78 is 0. The summed E-state index contributed by atoms with van der Waals surface area (Å²) in [5, 5.41) is 0. The van der Waals surface area contributed by atoms with E-state index >= 15 is 0 Å². The quantitative estimate of drug-likeness (QED) is 0.822. The molecule has 0 saturated carbocycles. The van der Waals surface area contributed by atoms with Gasteiger partial charge in [-0.1, -0.05) is 18.2 Å². The highest BCUT2D eigenvalue weighted by Crippen LogP contribution is 2.27. The largest absolute Gasteiger partial charge is 0.348 e. The standard InChI is InChI=1S/C21H25N5O3/c1-24(2)21-22-17(11-18(27)23-21)15-7-9-25(13-15)19(28)8-10-26-12-14-5-3-4-6-16(14)20(26)29/h3-6,11,15H,7-10,12-13H2,1-2H3,(H,22,23,27)/t15-/m1/s1. The highest BCUT2D eigenvalue weighted by Gasteiger charge is 2.31. The van der Waals surface area contributed by atoms with E-state index in [2.05, 4.69) is 9.97 Å². The zero-order chi connectivity index (χ0) is 20.5. The summed E-state index contributed by atoms with van der Waals surface area (Å²) in [6, 6.07) is 9.10. The third kappa shape index (κ3) is 3.87.